The van der Waals surface area contributed by atoms with Gasteiger partial charge in [-0.3, -0.25) is 4.79 Å². The van der Waals surface area contributed by atoms with Gasteiger partial charge in [0.25, 0.3) is 5.91 Å². The van der Waals surface area contributed by atoms with E-state index in [0.717, 1.165) is 6.54 Å². The third-order valence-corrected chi connectivity index (χ3v) is 2.20. The molecule has 1 aromatic heterocycles. The molecule has 0 aliphatic heterocycles. The molecule has 0 unspecified atom stereocenters. The molecule has 1 amide bonds. The normalized spacial score (nSPS) is 15.7. The van der Waals surface area contributed by atoms with Gasteiger partial charge in [0.05, 0.1) is 0 Å². The molecular weight excluding hydrogens is 166 g/mol. The summed E-state index contributed by atoms with van der Waals surface area (Å²) < 4.78 is 0. The second-order valence-electron chi connectivity index (χ2n) is 3.50. The molecule has 1 aliphatic carbocycles. The number of hydrogen-bond acceptors (Lipinski definition) is 2. The number of rotatable bonds is 3. The summed E-state index contributed by atoms with van der Waals surface area (Å²) in [6.07, 6.45) is 4.10. The Kier molecular flexibility index (Phi) is 1.96. The minimum Gasteiger partial charge on any atom is -0.397 e. The molecule has 0 aromatic carbocycles. The molecule has 0 radical (unpaired) electrons. The molecule has 4 N–H and O–H groups in total. The second-order valence-corrected chi connectivity index (χ2v) is 3.50. The van der Waals surface area contributed by atoms with Crippen LogP contribution in [-0.4, -0.2) is 17.4 Å². The Bertz CT molecular complexity index is 314. The summed E-state index contributed by atoms with van der Waals surface area (Å²) in [5, 5.41) is 2.85. The summed E-state index contributed by atoms with van der Waals surface area (Å²) in [6.45, 7) is 0.789. The average molecular weight is 179 g/mol. The Hall–Kier alpha value is -1.45. The van der Waals surface area contributed by atoms with Crippen molar-refractivity contribution in [3.8, 4) is 0 Å². The van der Waals surface area contributed by atoms with Crippen molar-refractivity contribution in [2.24, 2.45) is 5.92 Å². The van der Waals surface area contributed by atoms with E-state index in [1.54, 1.807) is 12.3 Å². The quantitative estimate of drug-likeness (QED) is 0.640. The summed E-state index contributed by atoms with van der Waals surface area (Å²) in [7, 11) is 0. The van der Waals surface area contributed by atoms with Gasteiger partial charge in [0.2, 0.25) is 0 Å². The standard InChI is InChI=1S/C9H13N3O/c10-7-3-8(11-5-7)9(13)12-4-6-1-2-6/h3,5-6,11H,1-2,4,10H2,(H,12,13). The summed E-state index contributed by atoms with van der Waals surface area (Å²) in [4.78, 5) is 14.2. The molecule has 1 heterocycles. The summed E-state index contributed by atoms with van der Waals surface area (Å²) >= 11 is 0. The van der Waals surface area contributed by atoms with Crippen molar-refractivity contribution in [2.45, 2.75) is 12.8 Å². The van der Waals surface area contributed by atoms with Crippen LogP contribution in [0.3, 0.4) is 0 Å². The summed E-state index contributed by atoms with van der Waals surface area (Å²) in [6, 6.07) is 1.64. The minimum absolute atomic E-state index is 0.0661. The predicted molar refractivity (Wildman–Crippen MR) is 50.3 cm³/mol. The number of H-pyrrole nitrogens is 1. The molecule has 0 spiro atoms. The number of aromatic amines is 1. The number of nitrogen functional groups attached to an aromatic ring is 1. The van der Waals surface area contributed by atoms with Gasteiger partial charge in [-0.1, -0.05) is 0 Å². The smallest absolute Gasteiger partial charge is 0.267 e. The number of aromatic nitrogens is 1. The van der Waals surface area contributed by atoms with Crippen molar-refractivity contribution in [2.75, 3.05) is 12.3 Å². The van der Waals surface area contributed by atoms with Crippen LogP contribution in [0.1, 0.15) is 23.3 Å². The number of anilines is 1. The van der Waals surface area contributed by atoms with E-state index in [2.05, 4.69) is 10.3 Å². The Balaban J connectivity index is 1.88. The van der Waals surface area contributed by atoms with Crippen LogP contribution in [-0.2, 0) is 0 Å². The van der Waals surface area contributed by atoms with Gasteiger partial charge in [-0.15, -0.1) is 0 Å². The average Bonchev–Trinajstić information content (AvgIpc) is 2.84. The van der Waals surface area contributed by atoms with Crippen LogP contribution < -0.4 is 11.1 Å². The van der Waals surface area contributed by atoms with E-state index >= 15 is 0 Å². The van der Waals surface area contributed by atoms with Gasteiger partial charge in [-0.2, -0.15) is 0 Å². The van der Waals surface area contributed by atoms with Crippen LogP contribution in [0, 0.1) is 5.92 Å². The number of carbonyl (C=O) groups is 1. The van der Waals surface area contributed by atoms with Crippen LogP contribution in [0.4, 0.5) is 5.69 Å². The number of amides is 1. The highest BCUT2D eigenvalue weighted by atomic mass is 16.1. The molecule has 4 heteroatoms. The number of nitrogens with one attached hydrogen (secondary N) is 2. The van der Waals surface area contributed by atoms with E-state index in [1.807, 2.05) is 0 Å². The number of hydrogen-bond donors (Lipinski definition) is 3. The third-order valence-electron chi connectivity index (χ3n) is 2.20. The highest BCUT2D eigenvalue weighted by Gasteiger charge is 2.21. The van der Waals surface area contributed by atoms with Gasteiger partial charge in [0, 0.05) is 18.4 Å². The van der Waals surface area contributed by atoms with E-state index in [4.69, 9.17) is 5.73 Å². The highest BCUT2D eigenvalue weighted by Crippen LogP contribution is 2.27. The maximum absolute atomic E-state index is 11.4. The van der Waals surface area contributed by atoms with Crippen molar-refractivity contribution >= 4 is 11.6 Å². The molecule has 0 saturated heterocycles. The van der Waals surface area contributed by atoms with Crippen LogP contribution in [0.5, 0.6) is 0 Å². The molecule has 1 aliphatic rings. The Morgan fingerprint density at radius 1 is 1.69 bits per heavy atom. The fraction of sp³-hybridized carbons (Fsp3) is 0.444. The zero-order valence-electron chi connectivity index (χ0n) is 7.34. The lowest BCUT2D eigenvalue weighted by Crippen LogP contribution is -2.25. The first-order chi connectivity index (χ1) is 6.25. The Morgan fingerprint density at radius 3 is 3.00 bits per heavy atom. The maximum Gasteiger partial charge on any atom is 0.267 e. The van der Waals surface area contributed by atoms with Crippen molar-refractivity contribution < 1.29 is 4.79 Å². The first-order valence-corrected chi connectivity index (χ1v) is 4.48. The van der Waals surface area contributed by atoms with Gasteiger partial charge in [0.1, 0.15) is 5.69 Å². The first kappa shape index (κ1) is 8.16. The predicted octanol–water partition coefficient (Wildman–Crippen LogP) is 0.737. The van der Waals surface area contributed by atoms with Gasteiger partial charge in [0.15, 0.2) is 0 Å². The highest BCUT2D eigenvalue weighted by molar-refractivity contribution is 5.93. The van der Waals surface area contributed by atoms with E-state index in [0.29, 0.717) is 17.3 Å². The fourth-order valence-corrected chi connectivity index (χ4v) is 1.20. The van der Waals surface area contributed by atoms with Crippen molar-refractivity contribution in [1.82, 2.24) is 10.3 Å². The molecule has 4 nitrogen and oxygen atoms in total. The molecular formula is C9H13N3O. The molecule has 70 valence electrons. The molecule has 13 heavy (non-hydrogen) atoms. The molecule has 0 atom stereocenters. The zero-order valence-corrected chi connectivity index (χ0v) is 7.34. The number of nitrogens with two attached hydrogens (primary N) is 1. The van der Waals surface area contributed by atoms with Crippen molar-refractivity contribution in [3.05, 3.63) is 18.0 Å². The van der Waals surface area contributed by atoms with Gasteiger partial charge in [-0.05, 0) is 24.8 Å². The molecule has 0 bridgehead atoms. The van der Waals surface area contributed by atoms with E-state index < -0.39 is 0 Å². The van der Waals surface area contributed by atoms with Crippen molar-refractivity contribution in [3.63, 3.8) is 0 Å². The van der Waals surface area contributed by atoms with Crippen LogP contribution in [0.15, 0.2) is 12.3 Å². The number of carbonyl (C=O) groups excluding carboxylic acids is 1. The van der Waals surface area contributed by atoms with E-state index in [9.17, 15) is 4.79 Å². The Morgan fingerprint density at radius 2 is 2.46 bits per heavy atom. The van der Waals surface area contributed by atoms with Gasteiger partial charge < -0.3 is 16.0 Å². The lowest BCUT2D eigenvalue weighted by molar-refractivity contribution is 0.0947. The van der Waals surface area contributed by atoms with E-state index in [1.165, 1.54) is 12.8 Å². The zero-order chi connectivity index (χ0) is 9.26. The first-order valence-electron chi connectivity index (χ1n) is 4.48. The monoisotopic (exact) mass is 179 g/mol. The molecule has 2 rings (SSSR count). The lowest BCUT2D eigenvalue weighted by Gasteiger charge is -2.00. The topological polar surface area (TPSA) is 70.9 Å². The van der Waals surface area contributed by atoms with Crippen LogP contribution >= 0.6 is 0 Å². The fourth-order valence-electron chi connectivity index (χ4n) is 1.20. The Labute approximate surface area is 76.5 Å². The molecule has 1 saturated carbocycles. The maximum atomic E-state index is 11.4. The summed E-state index contributed by atoms with van der Waals surface area (Å²) in [5.74, 6) is 0.639. The van der Waals surface area contributed by atoms with E-state index in [-0.39, 0.29) is 5.91 Å². The molecule has 1 aromatic rings. The largest absolute Gasteiger partial charge is 0.397 e. The third kappa shape index (κ3) is 2.02. The minimum atomic E-state index is -0.0661. The second kappa shape index (κ2) is 3.12. The SMILES string of the molecule is Nc1c[nH]c(C(=O)NCC2CC2)c1. The van der Waals surface area contributed by atoms with Crippen molar-refractivity contribution in [1.29, 1.82) is 0 Å². The van der Waals surface area contributed by atoms with Crippen LogP contribution in [0.25, 0.3) is 0 Å². The molecule has 1 fully saturated rings. The van der Waals surface area contributed by atoms with Gasteiger partial charge >= 0.3 is 0 Å². The van der Waals surface area contributed by atoms with Crippen LogP contribution in [0.2, 0.25) is 0 Å². The lowest BCUT2D eigenvalue weighted by atomic mass is 10.3. The summed E-state index contributed by atoms with van der Waals surface area (Å²) in [5.41, 5.74) is 6.61. The van der Waals surface area contributed by atoms with Gasteiger partial charge in [-0.25, -0.2) is 0 Å².